The molecule has 0 bridgehead atoms. The monoisotopic (exact) mass is 259 g/mol. The molecule has 2 aromatic rings. The van der Waals surface area contributed by atoms with E-state index in [9.17, 15) is 4.79 Å². The molecule has 2 heterocycles. The summed E-state index contributed by atoms with van der Waals surface area (Å²) in [6.45, 7) is 3.71. The number of carbonyl (C=O) groups is 1. The van der Waals surface area contributed by atoms with Gasteiger partial charge in [-0.25, -0.2) is 5.43 Å². The van der Waals surface area contributed by atoms with Crippen molar-refractivity contribution in [1.29, 1.82) is 0 Å². The van der Waals surface area contributed by atoms with Gasteiger partial charge in [0.25, 0.3) is 5.91 Å². The summed E-state index contributed by atoms with van der Waals surface area (Å²) in [7, 11) is 0. The van der Waals surface area contributed by atoms with E-state index < -0.39 is 0 Å². The number of rotatable bonds is 3. The Morgan fingerprint density at radius 3 is 2.94 bits per heavy atom. The van der Waals surface area contributed by atoms with Crippen LogP contribution in [0.1, 0.15) is 27.9 Å². The Morgan fingerprint density at radius 1 is 1.44 bits per heavy atom. The van der Waals surface area contributed by atoms with E-state index in [1.807, 2.05) is 31.4 Å². The third-order valence-electron chi connectivity index (χ3n) is 2.36. The van der Waals surface area contributed by atoms with Crippen molar-refractivity contribution in [1.82, 2.24) is 10.4 Å². The number of nitrogens with one attached hydrogen (secondary N) is 1. The largest absolute Gasteiger partial charge is 0.271 e. The lowest BCUT2D eigenvalue weighted by Gasteiger charge is -2.02. The predicted octanol–water partition coefficient (Wildman–Crippen LogP) is 2.61. The first-order valence-corrected chi connectivity index (χ1v) is 6.36. The number of hydrazone groups is 1. The Morgan fingerprint density at radius 2 is 2.28 bits per heavy atom. The molecule has 0 aliphatic carbocycles. The Balaban J connectivity index is 2.07. The van der Waals surface area contributed by atoms with Crippen molar-refractivity contribution in [3.63, 3.8) is 0 Å². The zero-order valence-electron chi connectivity index (χ0n) is 10.2. The van der Waals surface area contributed by atoms with Crippen LogP contribution >= 0.6 is 11.3 Å². The van der Waals surface area contributed by atoms with Gasteiger partial charge in [0.2, 0.25) is 0 Å². The topological polar surface area (TPSA) is 54.4 Å². The van der Waals surface area contributed by atoms with Crippen LogP contribution in [-0.4, -0.2) is 16.6 Å². The molecule has 0 aliphatic heterocycles. The zero-order valence-corrected chi connectivity index (χ0v) is 11.0. The fourth-order valence-electron chi connectivity index (χ4n) is 1.43. The number of thiophene rings is 1. The van der Waals surface area contributed by atoms with Crippen molar-refractivity contribution in [3.8, 4) is 0 Å². The van der Waals surface area contributed by atoms with Crippen LogP contribution in [0.25, 0.3) is 0 Å². The third-order valence-corrected chi connectivity index (χ3v) is 3.34. The molecular formula is C13H13N3OS. The Hall–Kier alpha value is -2.01. The second-order valence-electron chi connectivity index (χ2n) is 3.80. The lowest BCUT2D eigenvalue weighted by Crippen LogP contribution is -2.19. The minimum Gasteiger partial charge on any atom is -0.267 e. The van der Waals surface area contributed by atoms with Crippen LogP contribution in [-0.2, 0) is 0 Å². The average molecular weight is 259 g/mol. The van der Waals surface area contributed by atoms with Gasteiger partial charge in [0, 0.05) is 22.3 Å². The molecule has 0 aromatic carbocycles. The molecule has 0 spiro atoms. The average Bonchev–Trinajstić information content (AvgIpc) is 2.89. The molecule has 92 valence electrons. The van der Waals surface area contributed by atoms with Crippen molar-refractivity contribution in [2.24, 2.45) is 5.10 Å². The lowest BCUT2D eigenvalue weighted by atomic mass is 10.2. The van der Waals surface area contributed by atoms with Crippen molar-refractivity contribution >= 4 is 23.0 Å². The fraction of sp³-hybridized carbons (Fsp3) is 0.154. The summed E-state index contributed by atoms with van der Waals surface area (Å²) in [4.78, 5) is 16.9. The number of amides is 1. The maximum Gasteiger partial charge on any atom is 0.271 e. The van der Waals surface area contributed by atoms with E-state index in [1.165, 1.54) is 0 Å². The molecule has 1 N–H and O–H groups in total. The zero-order chi connectivity index (χ0) is 13.0. The molecule has 0 aliphatic rings. The van der Waals surface area contributed by atoms with Gasteiger partial charge in [-0.3, -0.25) is 9.78 Å². The molecule has 0 atom stereocenters. The van der Waals surface area contributed by atoms with Gasteiger partial charge in [-0.15, -0.1) is 11.3 Å². The van der Waals surface area contributed by atoms with E-state index in [1.54, 1.807) is 29.7 Å². The molecule has 2 aromatic heterocycles. The summed E-state index contributed by atoms with van der Waals surface area (Å²) in [6, 6.07) is 7.31. The number of pyridine rings is 1. The van der Waals surface area contributed by atoms with Gasteiger partial charge < -0.3 is 0 Å². The number of carbonyl (C=O) groups excluding carboxylic acids is 1. The molecule has 2 rings (SSSR count). The van der Waals surface area contributed by atoms with Gasteiger partial charge in [-0.1, -0.05) is 6.07 Å². The van der Waals surface area contributed by atoms with Gasteiger partial charge in [0.15, 0.2) is 0 Å². The molecule has 5 heteroatoms. The molecule has 0 saturated heterocycles. The van der Waals surface area contributed by atoms with E-state index in [0.717, 1.165) is 16.3 Å². The smallest absolute Gasteiger partial charge is 0.267 e. The number of hydrogen-bond donors (Lipinski definition) is 1. The summed E-state index contributed by atoms with van der Waals surface area (Å²) in [5, 5.41) is 6.05. The first-order chi connectivity index (χ1) is 8.66. The van der Waals surface area contributed by atoms with Gasteiger partial charge in [0.05, 0.1) is 5.71 Å². The summed E-state index contributed by atoms with van der Waals surface area (Å²) >= 11 is 1.59. The Labute approximate surface area is 109 Å². The second kappa shape index (κ2) is 5.55. The van der Waals surface area contributed by atoms with Crippen molar-refractivity contribution in [2.75, 3.05) is 0 Å². The van der Waals surface area contributed by atoms with E-state index in [-0.39, 0.29) is 5.91 Å². The Kier molecular flexibility index (Phi) is 3.84. The highest BCUT2D eigenvalue weighted by molar-refractivity contribution is 7.12. The first kappa shape index (κ1) is 12.4. The molecule has 0 saturated carbocycles. The van der Waals surface area contributed by atoms with Gasteiger partial charge in [-0.05, 0) is 37.4 Å². The molecular weight excluding hydrogens is 246 g/mol. The third kappa shape index (κ3) is 3.01. The molecule has 0 unspecified atom stereocenters. The minimum absolute atomic E-state index is 0.226. The van der Waals surface area contributed by atoms with Crippen molar-refractivity contribution in [3.05, 3.63) is 52.0 Å². The summed E-state index contributed by atoms with van der Waals surface area (Å²) in [5.41, 5.74) is 4.71. The maximum atomic E-state index is 11.8. The molecule has 4 nitrogen and oxygen atoms in total. The van der Waals surface area contributed by atoms with Crippen LogP contribution in [0.2, 0.25) is 0 Å². The summed E-state index contributed by atoms with van der Waals surface area (Å²) < 4.78 is 0. The van der Waals surface area contributed by atoms with Crippen molar-refractivity contribution < 1.29 is 4.79 Å². The fourth-order valence-corrected chi connectivity index (χ4v) is 2.10. The Bertz CT molecular complexity index is 576. The highest BCUT2D eigenvalue weighted by atomic mass is 32.1. The first-order valence-electron chi connectivity index (χ1n) is 5.48. The SMILES string of the molecule is C/C(=N\NC(=O)c1ccnc(C)c1)c1cccs1. The van der Waals surface area contributed by atoms with E-state index in [2.05, 4.69) is 15.5 Å². The van der Waals surface area contributed by atoms with Crippen LogP contribution in [0.3, 0.4) is 0 Å². The second-order valence-corrected chi connectivity index (χ2v) is 4.75. The van der Waals surface area contributed by atoms with Crippen LogP contribution in [0.5, 0.6) is 0 Å². The van der Waals surface area contributed by atoms with Crippen molar-refractivity contribution in [2.45, 2.75) is 13.8 Å². The van der Waals surface area contributed by atoms with Crippen LogP contribution < -0.4 is 5.43 Å². The molecule has 0 fully saturated rings. The highest BCUT2D eigenvalue weighted by Gasteiger charge is 2.05. The lowest BCUT2D eigenvalue weighted by molar-refractivity contribution is 0.0954. The van der Waals surface area contributed by atoms with Gasteiger partial charge >= 0.3 is 0 Å². The minimum atomic E-state index is -0.226. The van der Waals surface area contributed by atoms with E-state index >= 15 is 0 Å². The number of nitrogens with zero attached hydrogens (tertiary/aromatic N) is 2. The van der Waals surface area contributed by atoms with E-state index in [4.69, 9.17) is 0 Å². The summed E-state index contributed by atoms with van der Waals surface area (Å²) in [6.07, 6.45) is 1.61. The number of aromatic nitrogens is 1. The molecule has 1 amide bonds. The van der Waals surface area contributed by atoms with Gasteiger partial charge in [0.1, 0.15) is 0 Å². The number of hydrogen-bond acceptors (Lipinski definition) is 4. The van der Waals surface area contributed by atoms with Crippen LogP contribution in [0.4, 0.5) is 0 Å². The van der Waals surface area contributed by atoms with Gasteiger partial charge in [-0.2, -0.15) is 5.10 Å². The molecule has 0 radical (unpaired) electrons. The number of aryl methyl sites for hydroxylation is 1. The highest BCUT2D eigenvalue weighted by Crippen LogP contribution is 2.09. The quantitative estimate of drug-likeness (QED) is 0.680. The summed E-state index contributed by atoms with van der Waals surface area (Å²) in [5.74, 6) is -0.226. The normalized spacial score (nSPS) is 11.3. The molecule has 18 heavy (non-hydrogen) atoms. The van der Waals surface area contributed by atoms with E-state index in [0.29, 0.717) is 5.56 Å². The maximum absolute atomic E-state index is 11.8. The van der Waals surface area contributed by atoms with Crippen LogP contribution in [0, 0.1) is 6.92 Å². The van der Waals surface area contributed by atoms with Crippen LogP contribution in [0.15, 0.2) is 40.9 Å². The predicted molar refractivity (Wildman–Crippen MR) is 73.0 cm³/mol. The standard InChI is InChI=1S/C13H13N3OS/c1-9-8-11(5-6-14-9)13(17)16-15-10(2)12-4-3-7-18-12/h3-8H,1-2H3,(H,16,17)/b15-10+.